The maximum Gasteiger partial charge on any atom is 0.00236 e. The Morgan fingerprint density at radius 2 is 2.14 bits per heavy atom. The van der Waals surface area contributed by atoms with Crippen LogP contribution >= 0.6 is 24.4 Å². The second-order valence-corrected chi connectivity index (χ2v) is 3.77. The van der Waals surface area contributed by atoms with Gasteiger partial charge in [0.25, 0.3) is 0 Å². The molecule has 0 atom stereocenters. The lowest BCUT2D eigenvalue weighted by Crippen LogP contribution is -1.89. The van der Waals surface area contributed by atoms with E-state index in [9.17, 15) is 0 Å². The summed E-state index contributed by atoms with van der Waals surface area (Å²) >= 11 is 6.03. The van der Waals surface area contributed by atoms with Crippen LogP contribution in [-0.4, -0.2) is 16.8 Å². The maximum atomic E-state index is 4.07. The highest BCUT2D eigenvalue weighted by Gasteiger charge is 1.88. The van der Waals surface area contributed by atoms with Crippen molar-refractivity contribution >= 4 is 24.4 Å². The highest BCUT2D eigenvalue weighted by molar-refractivity contribution is 8.00. The van der Waals surface area contributed by atoms with Gasteiger partial charge in [-0.25, -0.2) is 0 Å². The standard InChI is InChI=1S/C5H12S2/c1-5(2)7-4-3-6/h5-6H,3-4H2,1-2H3. The molecule has 0 rings (SSSR count). The third-order valence-corrected chi connectivity index (χ3v) is 2.18. The van der Waals surface area contributed by atoms with Crippen LogP contribution in [0.4, 0.5) is 0 Å². The third kappa shape index (κ3) is 6.70. The van der Waals surface area contributed by atoms with Gasteiger partial charge in [0, 0.05) is 5.75 Å². The number of hydrogen-bond donors (Lipinski definition) is 1. The summed E-state index contributed by atoms with van der Waals surface area (Å²) < 4.78 is 0. The van der Waals surface area contributed by atoms with Gasteiger partial charge in [-0.15, -0.1) is 0 Å². The largest absolute Gasteiger partial charge is 0.179 e. The number of rotatable bonds is 3. The molecular weight excluding hydrogens is 124 g/mol. The summed E-state index contributed by atoms with van der Waals surface area (Å²) in [5.41, 5.74) is 0. The van der Waals surface area contributed by atoms with Crippen LogP contribution in [0.25, 0.3) is 0 Å². The molecule has 0 saturated heterocycles. The van der Waals surface area contributed by atoms with E-state index in [4.69, 9.17) is 0 Å². The summed E-state index contributed by atoms with van der Waals surface area (Å²) in [6.07, 6.45) is 0. The minimum atomic E-state index is 0.771. The average molecular weight is 136 g/mol. The molecule has 0 nitrogen and oxygen atoms in total. The van der Waals surface area contributed by atoms with Crippen molar-refractivity contribution in [3.05, 3.63) is 0 Å². The van der Waals surface area contributed by atoms with E-state index in [1.165, 1.54) is 5.75 Å². The lowest BCUT2D eigenvalue weighted by molar-refractivity contribution is 1.11. The quantitative estimate of drug-likeness (QED) is 0.579. The molecule has 0 aliphatic carbocycles. The molecule has 7 heavy (non-hydrogen) atoms. The molecule has 0 aliphatic rings. The van der Waals surface area contributed by atoms with E-state index < -0.39 is 0 Å². The van der Waals surface area contributed by atoms with Crippen molar-refractivity contribution in [3.8, 4) is 0 Å². The first-order valence-corrected chi connectivity index (χ1v) is 4.18. The van der Waals surface area contributed by atoms with Crippen LogP contribution in [-0.2, 0) is 0 Å². The first-order valence-electron chi connectivity index (χ1n) is 2.50. The van der Waals surface area contributed by atoms with E-state index in [1.54, 1.807) is 0 Å². The van der Waals surface area contributed by atoms with Crippen LogP contribution < -0.4 is 0 Å². The smallest absolute Gasteiger partial charge is 0.00236 e. The summed E-state index contributed by atoms with van der Waals surface area (Å²) in [6.45, 7) is 4.40. The van der Waals surface area contributed by atoms with Gasteiger partial charge in [0.15, 0.2) is 0 Å². The molecule has 44 valence electrons. The van der Waals surface area contributed by atoms with E-state index >= 15 is 0 Å². The van der Waals surface area contributed by atoms with Gasteiger partial charge in [-0.05, 0) is 11.0 Å². The fourth-order valence-electron chi connectivity index (χ4n) is 0.288. The normalized spacial score (nSPS) is 10.3. The second kappa shape index (κ2) is 4.85. The summed E-state index contributed by atoms with van der Waals surface area (Å²) in [4.78, 5) is 0. The summed E-state index contributed by atoms with van der Waals surface area (Å²) in [7, 11) is 0. The SMILES string of the molecule is CC(C)SCCS. The molecule has 0 aromatic carbocycles. The van der Waals surface area contributed by atoms with Crippen molar-refractivity contribution in [1.82, 2.24) is 0 Å². The van der Waals surface area contributed by atoms with E-state index in [0.29, 0.717) is 0 Å². The van der Waals surface area contributed by atoms with Crippen LogP contribution in [0.3, 0.4) is 0 Å². The lowest BCUT2D eigenvalue weighted by Gasteiger charge is -1.98. The van der Waals surface area contributed by atoms with Crippen molar-refractivity contribution in [2.45, 2.75) is 19.1 Å². The Balaban J connectivity index is 2.68. The van der Waals surface area contributed by atoms with Crippen molar-refractivity contribution in [2.24, 2.45) is 0 Å². The van der Waals surface area contributed by atoms with Gasteiger partial charge in [0.2, 0.25) is 0 Å². The molecule has 0 radical (unpaired) electrons. The molecule has 0 spiro atoms. The van der Waals surface area contributed by atoms with Crippen molar-refractivity contribution in [2.75, 3.05) is 11.5 Å². The van der Waals surface area contributed by atoms with E-state index in [0.717, 1.165) is 11.0 Å². The van der Waals surface area contributed by atoms with E-state index in [-0.39, 0.29) is 0 Å². The highest BCUT2D eigenvalue weighted by atomic mass is 32.2. The predicted octanol–water partition coefficient (Wildman–Crippen LogP) is 2.06. The maximum absolute atomic E-state index is 4.07. The van der Waals surface area contributed by atoms with Gasteiger partial charge >= 0.3 is 0 Å². The Hall–Kier alpha value is 0.700. The zero-order chi connectivity index (χ0) is 5.70. The molecular formula is C5H12S2. The first-order chi connectivity index (χ1) is 3.27. The van der Waals surface area contributed by atoms with Gasteiger partial charge in [-0.2, -0.15) is 24.4 Å². The fourth-order valence-corrected chi connectivity index (χ4v) is 1.18. The molecule has 0 saturated carbocycles. The Labute approximate surface area is 55.5 Å². The number of thiol groups is 1. The predicted molar refractivity (Wildman–Crippen MR) is 41.4 cm³/mol. The molecule has 0 unspecified atom stereocenters. The fraction of sp³-hybridized carbons (Fsp3) is 1.00. The zero-order valence-electron chi connectivity index (χ0n) is 4.85. The third-order valence-electron chi connectivity index (χ3n) is 0.542. The Bertz CT molecular complexity index is 35.1. The van der Waals surface area contributed by atoms with E-state index in [1.807, 2.05) is 11.8 Å². The van der Waals surface area contributed by atoms with Crippen LogP contribution in [0, 0.1) is 0 Å². The van der Waals surface area contributed by atoms with Gasteiger partial charge in [0.1, 0.15) is 0 Å². The first kappa shape index (κ1) is 7.70. The monoisotopic (exact) mass is 136 g/mol. The second-order valence-electron chi connectivity index (χ2n) is 1.64. The highest BCUT2D eigenvalue weighted by Crippen LogP contribution is 2.07. The van der Waals surface area contributed by atoms with Crippen LogP contribution in [0.2, 0.25) is 0 Å². The summed E-state index contributed by atoms with van der Waals surface area (Å²) in [6, 6.07) is 0. The van der Waals surface area contributed by atoms with Crippen molar-refractivity contribution in [1.29, 1.82) is 0 Å². The van der Waals surface area contributed by atoms with Crippen LogP contribution in [0.1, 0.15) is 13.8 Å². The Kier molecular flexibility index (Phi) is 5.33. The van der Waals surface area contributed by atoms with E-state index in [2.05, 4.69) is 26.5 Å². The molecule has 2 heteroatoms. The molecule has 0 fully saturated rings. The number of thioether (sulfide) groups is 1. The summed E-state index contributed by atoms with van der Waals surface area (Å²) in [5, 5.41) is 0.771. The van der Waals surface area contributed by atoms with Crippen LogP contribution in [0.15, 0.2) is 0 Å². The van der Waals surface area contributed by atoms with Crippen molar-refractivity contribution in [3.63, 3.8) is 0 Å². The molecule has 0 N–H and O–H groups in total. The zero-order valence-corrected chi connectivity index (χ0v) is 6.56. The van der Waals surface area contributed by atoms with Gasteiger partial charge in [-0.3, -0.25) is 0 Å². The topological polar surface area (TPSA) is 0 Å². The molecule has 0 aromatic heterocycles. The van der Waals surface area contributed by atoms with Gasteiger partial charge in [0.05, 0.1) is 0 Å². The molecule has 0 heterocycles. The van der Waals surface area contributed by atoms with Gasteiger partial charge in [-0.1, -0.05) is 13.8 Å². The lowest BCUT2D eigenvalue weighted by atomic mass is 10.6. The van der Waals surface area contributed by atoms with Crippen LogP contribution in [0.5, 0.6) is 0 Å². The molecule has 0 aromatic rings. The molecule has 0 bridgehead atoms. The summed E-state index contributed by atoms with van der Waals surface area (Å²) in [5.74, 6) is 2.18. The molecule has 0 amide bonds. The average Bonchev–Trinajstić information content (AvgIpc) is 1.61. The molecule has 0 aliphatic heterocycles. The Morgan fingerprint density at radius 3 is 2.29 bits per heavy atom. The van der Waals surface area contributed by atoms with Gasteiger partial charge < -0.3 is 0 Å². The minimum Gasteiger partial charge on any atom is -0.179 e. The van der Waals surface area contributed by atoms with Crippen molar-refractivity contribution < 1.29 is 0 Å². The minimum absolute atomic E-state index is 0.771. The Morgan fingerprint density at radius 1 is 1.57 bits per heavy atom. The number of hydrogen-bond acceptors (Lipinski definition) is 2.